The highest BCUT2D eigenvalue weighted by molar-refractivity contribution is 8.00. The van der Waals surface area contributed by atoms with E-state index in [1.54, 1.807) is 0 Å². The van der Waals surface area contributed by atoms with Gasteiger partial charge in [-0.15, -0.1) is 0 Å². The van der Waals surface area contributed by atoms with Crippen LogP contribution in [0.1, 0.15) is 25.7 Å². The maximum absolute atomic E-state index is 10.5. The number of nitrogens with two attached hydrogens (primary N) is 1. The molecule has 1 amide bonds. The number of primary amides is 1. The molecule has 1 saturated carbocycles. The SMILES string of the molecule is CSC1(CNCC(N)=O)CCCC1. The molecule has 1 aliphatic carbocycles. The van der Waals surface area contributed by atoms with E-state index in [2.05, 4.69) is 11.6 Å². The lowest BCUT2D eigenvalue weighted by Gasteiger charge is -2.26. The third kappa shape index (κ3) is 3.19. The van der Waals surface area contributed by atoms with Gasteiger partial charge in [-0.3, -0.25) is 4.79 Å². The van der Waals surface area contributed by atoms with Crippen molar-refractivity contribution >= 4 is 17.7 Å². The minimum absolute atomic E-state index is 0.269. The van der Waals surface area contributed by atoms with Crippen LogP contribution >= 0.6 is 11.8 Å². The first-order chi connectivity index (χ1) is 6.18. The molecule has 0 unspecified atom stereocenters. The third-order valence-electron chi connectivity index (χ3n) is 2.69. The average molecular weight is 202 g/mol. The molecule has 0 heterocycles. The fourth-order valence-electron chi connectivity index (χ4n) is 1.89. The van der Waals surface area contributed by atoms with Gasteiger partial charge in [-0.25, -0.2) is 0 Å². The first-order valence-corrected chi connectivity index (χ1v) is 5.95. The quantitative estimate of drug-likeness (QED) is 0.691. The second kappa shape index (κ2) is 4.86. The Balaban J connectivity index is 2.27. The zero-order valence-electron chi connectivity index (χ0n) is 8.14. The van der Waals surface area contributed by atoms with Crippen LogP contribution in [0.5, 0.6) is 0 Å². The van der Waals surface area contributed by atoms with E-state index in [0.717, 1.165) is 6.54 Å². The Morgan fingerprint density at radius 2 is 2.15 bits per heavy atom. The van der Waals surface area contributed by atoms with Crippen molar-refractivity contribution in [3.63, 3.8) is 0 Å². The Kier molecular flexibility index (Phi) is 4.06. The van der Waals surface area contributed by atoms with Gasteiger partial charge in [0.25, 0.3) is 0 Å². The van der Waals surface area contributed by atoms with Crippen molar-refractivity contribution in [1.29, 1.82) is 0 Å². The van der Waals surface area contributed by atoms with Crippen LogP contribution in [0.3, 0.4) is 0 Å². The van der Waals surface area contributed by atoms with Crippen LogP contribution in [0.2, 0.25) is 0 Å². The summed E-state index contributed by atoms with van der Waals surface area (Å²) in [4.78, 5) is 10.5. The number of amides is 1. The fraction of sp³-hybridized carbons (Fsp3) is 0.889. The maximum atomic E-state index is 10.5. The lowest BCUT2D eigenvalue weighted by molar-refractivity contribution is -0.117. The Morgan fingerprint density at radius 1 is 1.54 bits per heavy atom. The molecule has 4 heteroatoms. The van der Waals surface area contributed by atoms with Gasteiger partial charge in [0.1, 0.15) is 0 Å². The minimum Gasteiger partial charge on any atom is -0.369 e. The number of carbonyl (C=O) groups is 1. The number of thioether (sulfide) groups is 1. The van der Waals surface area contributed by atoms with Crippen LogP contribution in [-0.4, -0.2) is 30.0 Å². The molecule has 0 aromatic heterocycles. The molecule has 3 nitrogen and oxygen atoms in total. The molecule has 0 aromatic rings. The van der Waals surface area contributed by atoms with E-state index in [1.807, 2.05) is 11.8 Å². The van der Waals surface area contributed by atoms with E-state index in [4.69, 9.17) is 5.73 Å². The number of hydrogen-bond donors (Lipinski definition) is 2. The molecule has 0 bridgehead atoms. The molecule has 0 atom stereocenters. The highest BCUT2D eigenvalue weighted by atomic mass is 32.2. The standard InChI is InChI=1S/C9H18N2OS/c1-13-9(4-2-3-5-9)7-11-6-8(10)12/h11H,2-7H2,1H3,(H2,10,12). The molecule has 0 spiro atoms. The summed E-state index contributed by atoms with van der Waals surface area (Å²) in [6.07, 6.45) is 7.31. The Labute approximate surface area is 83.8 Å². The summed E-state index contributed by atoms with van der Waals surface area (Å²) in [6, 6.07) is 0. The van der Waals surface area contributed by atoms with Crippen molar-refractivity contribution in [3.8, 4) is 0 Å². The molecule has 1 fully saturated rings. The normalized spacial score (nSPS) is 20.4. The zero-order valence-corrected chi connectivity index (χ0v) is 8.95. The monoisotopic (exact) mass is 202 g/mol. The van der Waals surface area contributed by atoms with Crippen molar-refractivity contribution in [2.24, 2.45) is 5.73 Å². The molecule has 0 saturated heterocycles. The van der Waals surface area contributed by atoms with Gasteiger partial charge in [-0.1, -0.05) is 12.8 Å². The summed E-state index contributed by atoms with van der Waals surface area (Å²) in [5.74, 6) is -0.269. The van der Waals surface area contributed by atoms with Gasteiger partial charge < -0.3 is 11.1 Å². The number of carbonyl (C=O) groups excluding carboxylic acids is 1. The molecule has 76 valence electrons. The topological polar surface area (TPSA) is 55.1 Å². The van der Waals surface area contributed by atoms with Gasteiger partial charge in [0.15, 0.2) is 0 Å². The number of hydrogen-bond acceptors (Lipinski definition) is 3. The summed E-state index contributed by atoms with van der Waals surface area (Å²) in [7, 11) is 0. The van der Waals surface area contributed by atoms with E-state index in [9.17, 15) is 4.79 Å². The van der Waals surface area contributed by atoms with Crippen LogP contribution < -0.4 is 11.1 Å². The average Bonchev–Trinajstić information content (AvgIpc) is 2.53. The van der Waals surface area contributed by atoms with Crippen molar-refractivity contribution < 1.29 is 4.79 Å². The Bertz CT molecular complexity index is 178. The highest BCUT2D eigenvalue weighted by Crippen LogP contribution is 2.39. The van der Waals surface area contributed by atoms with Crippen LogP contribution in [0, 0.1) is 0 Å². The fourth-order valence-corrected chi connectivity index (χ4v) is 2.83. The first kappa shape index (κ1) is 10.9. The van der Waals surface area contributed by atoms with Crippen LogP contribution in [0.4, 0.5) is 0 Å². The van der Waals surface area contributed by atoms with E-state index in [-0.39, 0.29) is 5.91 Å². The molecule has 1 aliphatic rings. The highest BCUT2D eigenvalue weighted by Gasteiger charge is 2.32. The Morgan fingerprint density at radius 3 is 2.62 bits per heavy atom. The van der Waals surface area contributed by atoms with Crippen molar-refractivity contribution in [2.45, 2.75) is 30.4 Å². The van der Waals surface area contributed by atoms with Crippen LogP contribution in [0.15, 0.2) is 0 Å². The second-order valence-electron chi connectivity index (χ2n) is 3.66. The lowest BCUT2D eigenvalue weighted by atomic mass is 10.1. The van der Waals surface area contributed by atoms with Gasteiger partial charge in [0, 0.05) is 11.3 Å². The predicted octanol–water partition coefficient (Wildman–Crippen LogP) is 0.737. The van der Waals surface area contributed by atoms with E-state index < -0.39 is 0 Å². The van der Waals surface area contributed by atoms with Gasteiger partial charge in [0.05, 0.1) is 6.54 Å². The zero-order chi connectivity index (χ0) is 9.73. The van der Waals surface area contributed by atoms with Crippen molar-refractivity contribution in [3.05, 3.63) is 0 Å². The molecule has 0 aliphatic heterocycles. The summed E-state index contributed by atoms with van der Waals surface area (Å²) in [6.45, 7) is 1.22. The minimum atomic E-state index is -0.269. The van der Waals surface area contributed by atoms with Crippen LogP contribution in [-0.2, 0) is 4.79 Å². The number of rotatable bonds is 5. The van der Waals surface area contributed by atoms with E-state index in [0.29, 0.717) is 11.3 Å². The summed E-state index contributed by atoms with van der Waals surface area (Å²) >= 11 is 1.92. The Hall–Kier alpha value is -0.220. The maximum Gasteiger partial charge on any atom is 0.231 e. The summed E-state index contributed by atoms with van der Waals surface area (Å²) < 4.78 is 0.370. The molecule has 1 rings (SSSR count). The molecular formula is C9H18N2OS. The summed E-state index contributed by atoms with van der Waals surface area (Å²) in [5.41, 5.74) is 5.05. The van der Waals surface area contributed by atoms with Crippen LogP contribution in [0.25, 0.3) is 0 Å². The predicted molar refractivity (Wildman–Crippen MR) is 56.8 cm³/mol. The van der Waals surface area contributed by atoms with Gasteiger partial charge in [-0.05, 0) is 19.1 Å². The van der Waals surface area contributed by atoms with E-state index >= 15 is 0 Å². The molecule has 0 aromatic carbocycles. The largest absolute Gasteiger partial charge is 0.369 e. The number of nitrogens with one attached hydrogen (secondary N) is 1. The smallest absolute Gasteiger partial charge is 0.231 e. The molecular weight excluding hydrogens is 184 g/mol. The first-order valence-electron chi connectivity index (χ1n) is 4.73. The van der Waals surface area contributed by atoms with Crippen molar-refractivity contribution in [1.82, 2.24) is 5.32 Å². The van der Waals surface area contributed by atoms with Gasteiger partial charge in [0.2, 0.25) is 5.91 Å². The van der Waals surface area contributed by atoms with E-state index in [1.165, 1.54) is 25.7 Å². The molecule has 13 heavy (non-hydrogen) atoms. The third-order valence-corrected chi connectivity index (χ3v) is 4.11. The van der Waals surface area contributed by atoms with Gasteiger partial charge in [-0.2, -0.15) is 11.8 Å². The molecule has 3 N–H and O–H groups in total. The summed E-state index contributed by atoms with van der Waals surface area (Å²) in [5, 5.41) is 3.12. The van der Waals surface area contributed by atoms with Gasteiger partial charge >= 0.3 is 0 Å². The molecule has 0 radical (unpaired) electrons. The lowest BCUT2D eigenvalue weighted by Crippen LogP contribution is -2.39. The van der Waals surface area contributed by atoms with Crippen molar-refractivity contribution in [2.75, 3.05) is 19.3 Å². The second-order valence-corrected chi connectivity index (χ2v) is 4.94.